The lowest BCUT2D eigenvalue weighted by Crippen LogP contribution is -2.17. The van der Waals surface area contributed by atoms with Gasteiger partial charge in [-0.2, -0.15) is 0 Å². The van der Waals surface area contributed by atoms with Crippen molar-refractivity contribution in [3.8, 4) is 11.5 Å². The molecule has 0 amide bonds. The van der Waals surface area contributed by atoms with E-state index in [0.717, 1.165) is 22.4 Å². The highest BCUT2D eigenvalue weighted by Crippen LogP contribution is 2.32. The molecule has 24 heavy (non-hydrogen) atoms. The number of esters is 1. The molecule has 0 aromatic heterocycles. The molecule has 0 unspecified atom stereocenters. The van der Waals surface area contributed by atoms with Gasteiger partial charge in [0.2, 0.25) is 0 Å². The van der Waals surface area contributed by atoms with Crippen LogP contribution < -0.4 is 9.47 Å². The molecule has 0 aliphatic heterocycles. The Bertz CT molecular complexity index is 694. The van der Waals surface area contributed by atoms with E-state index in [9.17, 15) is 4.79 Å². The summed E-state index contributed by atoms with van der Waals surface area (Å²) < 4.78 is 10.8. The van der Waals surface area contributed by atoms with Gasteiger partial charge in [-0.1, -0.05) is 50.6 Å². The number of methoxy groups -OCH3 is 1. The van der Waals surface area contributed by atoms with Gasteiger partial charge in [0.1, 0.15) is 11.5 Å². The molecule has 0 aliphatic carbocycles. The summed E-state index contributed by atoms with van der Waals surface area (Å²) in [5, 5.41) is 0. The van der Waals surface area contributed by atoms with E-state index in [1.54, 1.807) is 7.11 Å². The lowest BCUT2D eigenvalue weighted by molar-refractivity contribution is -0.134. The lowest BCUT2D eigenvalue weighted by Gasteiger charge is -2.22. The molecule has 0 bridgehead atoms. The summed E-state index contributed by atoms with van der Waals surface area (Å²) >= 11 is 0. The molecule has 2 aromatic carbocycles. The maximum Gasteiger partial charge on any atom is 0.311 e. The first-order valence-corrected chi connectivity index (χ1v) is 8.24. The summed E-state index contributed by atoms with van der Waals surface area (Å²) in [6, 6.07) is 13.7. The van der Waals surface area contributed by atoms with Crippen molar-refractivity contribution in [3.05, 3.63) is 59.2 Å². The van der Waals surface area contributed by atoms with Gasteiger partial charge in [0, 0.05) is 12.0 Å². The zero-order valence-electron chi connectivity index (χ0n) is 15.2. The second-order valence-electron chi connectivity index (χ2n) is 7.07. The van der Waals surface area contributed by atoms with Gasteiger partial charge in [0.15, 0.2) is 0 Å². The van der Waals surface area contributed by atoms with Crippen LogP contribution in [-0.2, 0) is 16.6 Å². The Morgan fingerprint density at radius 1 is 1.04 bits per heavy atom. The van der Waals surface area contributed by atoms with Crippen molar-refractivity contribution in [1.29, 1.82) is 0 Å². The number of hydrogen-bond donors (Lipinski definition) is 0. The number of ether oxygens (including phenoxy) is 2. The maximum absolute atomic E-state index is 12.2. The van der Waals surface area contributed by atoms with E-state index in [0.29, 0.717) is 18.6 Å². The monoisotopic (exact) mass is 326 g/mol. The molecule has 3 heteroatoms. The summed E-state index contributed by atoms with van der Waals surface area (Å²) in [5.74, 6) is 1.27. The second kappa shape index (κ2) is 7.52. The summed E-state index contributed by atoms with van der Waals surface area (Å²) in [6.45, 7) is 8.41. The second-order valence-corrected chi connectivity index (χ2v) is 7.07. The Kier molecular flexibility index (Phi) is 5.66. The predicted molar refractivity (Wildman–Crippen MR) is 96.8 cm³/mol. The van der Waals surface area contributed by atoms with Gasteiger partial charge in [0.25, 0.3) is 0 Å². The minimum atomic E-state index is -0.208. The van der Waals surface area contributed by atoms with Gasteiger partial charge in [-0.3, -0.25) is 4.79 Å². The van der Waals surface area contributed by atoms with Crippen LogP contribution in [0.5, 0.6) is 11.5 Å². The highest BCUT2D eigenvalue weighted by Gasteiger charge is 2.20. The number of carbonyl (C=O) groups is 1. The Hall–Kier alpha value is -2.29. The fourth-order valence-electron chi connectivity index (χ4n) is 2.53. The van der Waals surface area contributed by atoms with E-state index < -0.39 is 0 Å². The smallest absolute Gasteiger partial charge is 0.311 e. The van der Waals surface area contributed by atoms with Crippen molar-refractivity contribution >= 4 is 5.97 Å². The van der Waals surface area contributed by atoms with Crippen LogP contribution in [0, 0.1) is 6.92 Å². The Balaban J connectivity index is 2.02. The largest absolute Gasteiger partial charge is 0.497 e. The third-order valence-electron chi connectivity index (χ3n) is 3.94. The van der Waals surface area contributed by atoms with Gasteiger partial charge in [-0.15, -0.1) is 0 Å². The number of rotatable bonds is 5. The molecule has 2 rings (SSSR count). The van der Waals surface area contributed by atoms with E-state index in [4.69, 9.17) is 9.47 Å². The van der Waals surface area contributed by atoms with Gasteiger partial charge in [0.05, 0.1) is 7.11 Å². The molecule has 0 saturated carbocycles. The third-order valence-corrected chi connectivity index (χ3v) is 3.94. The molecule has 0 spiro atoms. The number of benzene rings is 2. The van der Waals surface area contributed by atoms with E-state index >= 15 is 0 Å². The molecule has 0 N–H and O–H groups in total. The molecule has 0 saturated heterocycles. The summed E-state index contributed by atoms with van der Waals surface area (Å²) in [6.07, 6.45) is 1.00. The number of aryl methyl sites for hydroxylation is 2. The third kappa shape index (κ3) is 4.85. The van der Waals surface area contributed by atoms with Crippen LogP contribution >= 0.6 is 0 Å². The maximum atomic E-state index is 12.2. The molecule has 0 heterocycles. The van der Waals surface area contributed by atoms with E-state index in [1.165, 1.54) is 0 Å². The van der Waals surface area contributed by atoms with Crippen LogP contribution in [-0.4, -0.2) is 13.1 Å². The van der Waals surface area contributed by atoms with E-state index in [1.807, 2.05) is 43.3 Å². The quantitative estimate of drug-likeness (QED) is 0.582. The van der Waals surface area contributed by atoms with Gasteiger partial charge in [-0.05, 0) is 42.5 Å². The fraction of sp³-hybridized carbons (Fsp3) is 0.381. The highest BCUT2D eigenvalue weighted by atomic mass is 16.5. The minimum absolute atomic E-state index is 0.0718. The van der Waals surface area contributed by atoms with Crippen LogP contribution in [0.1, 0.15) is 43.9 Å². The molecular weight excluding hydrogens is 300 g/mol. The molecule has 0 radical (unpaired) electrons. The minimum Gasteiger partial charge on any atom is -0.497 e. The first kappa shape index (κ1) is 18.1. The van der Waals surface area contributed by atoms with Crippen molar-refractivity contribution in [1.82, 2.24) is 0 Å². The average molecular weight is 326 g/mol. The van der Waals surface area contributed by atoms with Crippen molar-refractivity contribution < 1.29 is 14.3 Å². The molecular formula is C21H26O3. The molecule has 0 atom stereocenters. The Morgan fingerprint density at radius 2 is 1.71 bits per heavy atom. The Labute approximate surface area is 144 Å². The zero-order valence-corrected chi connectivity index (χ0v) is 15.2. The van der Waals surface area contributed by atoms with Crippen LogP contribution in [0.25, 0.3) is 0 Å². The molecule has 0 fully saturated rings. The summed E-state index contributed by atoms with van der Waals surface area (Å²) in [4.78, 5) is 12.2. The normalized spacial score (nSPS) is 11.2. The van der Waals surface area contributed by atoms with Crippen molar-refractivity contribution in [2.45, 2.75) is 46.0 Å². The Morgan fingerprint density at radius 3 is 2.29 bits per heavy atom. The van der Waals surface area contributed by atoms with E-state index in [-0.39, 0.29) is 11.4 Å². The van der Waals surface area contributed by atoms with Crippen LogP contribution in [0.4, 0.5) is 0 Å². The lowest BCUT2D eigenvalue weighted by atomic mass is 9.85. The average Bonchev–Trinajstić information content (AvgIpc) is 2.54. The first-order valence-electron chi connectivity index (χ1n) is 8.24. The van der Waals surface area contributed by atoms with Crippen molar-refractivity contribution in [2.24, 2.45) is 0 Å². The molecule has 3 nitrogen and oxygen atoms in total. The van der Waals surface area contributed by atoms with Crippen molar-refractivity contribution in [2.75, 3.05) is 7.11 Å². The molecule has 128 valence electrons. The molecule has 0 aliphatic rings. The van der Waals surface area contributed by atoms with Crippen molar-refractivity contribution in [3.63, 3.8) is 0 Å². The first-order chi connectivity index (χ1) is 11.3. The topological polar surface area (TPSA) is 35.5 Å². The van der Waals surface area contributed by atoms with E-state index in [2.05, 4.69) is 26.8 Å². The van der Waals surface area contributed by atoms with Gasteiger partial charge >= 0.3 is 5.97 Å². The van der Waals surface area contributed by atoms with Crippen LogP contribution in [0.2, 0.25) is 0 Å². The zero-order chi connectivity index (χ0) is 17.7. The predicted octanol–water partition coefficient (Wildman–Crippen LogP) is 4.84. The van der Waals surface area contributed by atoms with Crippen LogP contribution in [0.15, 0.2) is 42.5 Å². The number of carbonyl (C=O) groups excluding carboxylic acids is 1. The summed E-state index contributed by atoms with van der Waals surface area (Å²) in [7, 11) is 1.64. The fourth-order valence-corrected chi connectivity index (χ4v) is 2.53. The standard InChI is InChI=1S/C21H26O3/c1-15-6-12-19(18(14-15)21(2,3)4)24-20(22)13-9-16-7-10-17(23-5)11-8-16/h6-8,10-12,14H,9,13H2,1-5H3. The summed E-state index contributed by atoms with van der Waals surface area (Å²) in [5.41, 5.74) is 3.24. The number of hydrogen-bond acceptors (Lipinski definition) is 3. The highest BCUT2D eigenvalue weighted by molar-refractivity contribution is 5.73. The van der Waals surface area contributed by atoms with Gasteiger partial charge < -0.3 is 9.47 Å². The van der Waals surface area contributed by atoms with Crippen LogP contribution in [0.3, 0.4) is 0 Å². The molecule has 2 aromatic rings. The SMILES string of the molecule is COc1ccc(CCC(=O)Oc2ccc(C)cc2C(C)(C)C)cc1. The van der Waals surface area contributed by atoms with Gasteiger partial charge in [-0.25, -0.2) is 0 Å².